The van der Waals surface area contributed by atoms with Crippen LogP contribution in [0.5, 0.6) is 0 Å². The lowest BCUT2D eigenvalue weighted by Crippen LogP contribution is -2.54. The molecular weight excluding hydrogens is 440 g/mol. The van der Waals surface area contributed by atoms with Gasteiger partial charge in [0, 0.05) is 17.6 Å². The van der Waals surface area contributed by atoms with Gasteiger partial charge in [-0.25, -0.2) is 0 Å². The van der Waals surface area contributed by atoms with E-state index in [2.05, 4.69) is 34.6 Å². The van der Waals surface area contributed by atoms with Crippen LogP contribution in [0.2, 0.25) is 0 Å². The van der Waals surface area contributed by atoms with Crippen LogP contribution in [-0.4, -0.2) is 10.9 Å². The lowest BCUT2D eigenvalue weighted by atomic mass is 9.44. The Morgan fingerprint density at radius 3 is 2.39 bits per heavy atom. The van der Waals surface area contributed by atoms with Gasteiger partial charge in [0.15, 0.2) is 5.78 Å². The van der Waals surface area contributed by atoms with Crippen LogP contribution in [0.4, 0.5) is 0 Å². The molecule has 0 amide bonds. The zero-order chi connectivity index (χ0) is 25.7. The van der Waals surface area contributed by atoms with Crippen LogP contribution in [0.15, 0.2) is 35.9 Å². The molecule has 0 aromatic heterocycles. The number of ketones is 1. The molecule has 0 radical (unpaired) electrons. The van der Waals surface area contributed by atoms with Gasteiger partial charge in [-0.05, 0) is 97.2 Å². The van der Waals surface area contributed by atoms with Gasteiger partial charge in [-0.3, -0.25) is 4.79 Å². The van der Waals surface area contributed by atoms with E-state index in [1.54, 1.807) is 0 Å². The second kappa shape index (κ2) is 9.95. The van der Waals surface area contributed by atoms with Gasteiger partial charge in [0.2, 0.25) is 0 Å². The minimum absolute atomic E-state index is 0.136. The van der Waals surface area contributed by atoms with E-state index in [1.165, 1.54) is 57.8 Å². The lowest BCUT2D eigenvalue weighted by molar-refractivity contribution is -0.133. The van der Waals surface area contributed by atoms with Gasteiger partial charge in [0.1, 0.15) is 5.76 Å². The molecular formula is C34H50O2. The second-order valence-electron chi connectivity index (χ2n) is 14.2. The van der Waals surface area contributed by atoms with Crippen LogP contribution in [0.1, 0.15) is 111 Å². The van der Waals surface area contributed by atoms with Crippen LogP contribution in [-0.2, 0) is 4.79 Å². The van der Waals surface area contributed by atoms with Gasteiger partial charge in [0.25, 0.3) is 0 Å². The van der Waals surface area contributed by atoms with Crippen LogP contribution >= 0.6 is 0 Å². The molecule has 4 aliphatic rings. The molecule has 36 heavy (non-hydrogen) atoms. The molecule has 0 unspecified atom stereocenters. The summed E-state index contributed by atoms with van der Waals surface area (Å²) in [5.41, 5.74) is 2.13. The maximum Gasteiger partial charge on any atom is 0.162 e. The normalized spacial score (nSPS) is 40.4. The van der Waals surface area contributed by atoms with Crippen molar-refractivity contribution in [3.8, 4) is 0 Å². The molecule has 198 valence electrons. The average molecular weight is 491 g/mol. The number of fused-ring (bicyclic) bond motifs is 5. The van der Waals surface area contributed by atoms with Gasteiger partial charge < -0.3 is 5.11 Å². The molecule has 0 saturated heterocycles. The molecule has 0 aliphatic heterocycles. The summed E-state index contributed by atoms with van der Waals surface area (Å²) >= 11 is 0. The fraction of sp³-hybridized carbons (Fsp3) is 0.735. The van der Waals surface area contributed by atoms with E-state index in [1.807, 2.05) is 30.3 Å². The Morgan fingerprint density at radius 1 is 0.944 bits per heavy atom. The average Bonchev–Trinajstić information content (AvgIpc) is 3.21. The fourth-order valence-electron chi connectivity index (χ4n) is 9.98. The highest BCUT2D eigenvalue weighted by atomic mass is 16.3. The minimum Gasteiger partial charge on any atom is -0.507 e. The topological polar surface area (TPSA) is 37.3 Å². The third kappa shape index (κ3) is 4.39. The van der Waals surface area contributed by atoms with E-state index in [4.69, 9.17) is 0 Å². The van der Waals surface area contributed by atoms with Gasteiger partial charge >= 0.3 is 0 Å². The zero-order valence-electron chi connectivity index (χ0n) is 23.6. The van der Waals surface area contributed by atoms with E-state index in [0.717, 1.165) is 41.6 Å². The van der Waals surface area contributed by atoms with Crippen LogP contribution < -0.4 is 0 Å². The number of benzene rings is 1. The molecule has 1 N–H and O–H groups in total. The van der Waals surface area contributed by atoms with Crippen LogP contribution in [0.25, 0.3) is 5.76 Å². The van der Waals surface area contributed by atoms with Gasteiger partial charge in [-0.1, -0.05) is 84.2 Å². The molecule has 4 fully saturated rings. The van der Waals surface area contributed by atoms with Crippen molar-refractivity contribution in [3.05, 3.63) is 41.5 Å². The van der Waals surface area contributed by atoms with Gasteiger partial charge in [-0.2, -0.15) is 0 Å². The first kappa shape index (κ1) is 26.1. The third-order valence-corrected chi connectivity index (χ3v) is 11.9. The molecule has 4 aliphatic carbocycles. The zero-order valence-corrected chi connectivity index (χ0v) is 23.6. The number of allylic oxidation sites excluding steroid dienone is 1. The molecule has 0 bridgehead atoms. The summed E-state index contributed by atoms with van der Waals surface area (Å²) in [5.74, 6) is 5.78. The van der Waals surface area contributed by atoms with Crippen molar-refractivity contribution >= 4 is 11.5 Å². The van der Waals surface area contributed by atoms with Crippen molar-refractivity contribution in [1.29, 1.82) is 0 Å². The standard InChI is InChI=1S/C34H50O2/c1-22(2)10-9-11-23(3)28-16-17-29-26-15-14-25-20-31(35)27(32(36)24-12-7-6-8-13-24)21-34(25,5)30(26)18-19-33(28,29)4/h6-8,12-13,22-23,25-26,28-30,36H,9-11,14-21H2,1-5H3/b32-27-/t23-,25+,26+,28-,29+,30+,33-,34+/m1/s1. The number of Topliss-reactive ketones (excluding diaryl/α,β-unsaturated/α-hetero) is 1. The molecule has 1 aromatic carbocycles. The number of aliphatic hydroxyl groups is 1. The molecule has 4 saturated carbocycles. The third-order valence-electron chi connectivity index (χ3n) is 11.9. The number of aliphatic hydroxyl groups excluding tert-OH is 1. The first-order valence-corrected chi connectivity index (χ1v) is 15.2. The van der Waals surface area contributed by atoms with Crippen molar-refractivity contribution in [2.75, 3.05) is 0 Å². The molecule has 5 rings (SSSR count). The first-order chi connectivity index (χ1) is 17.1. The molecule has 1 aromatic rings. The van der Waals surface area contributed by atoms with E-state index in [-0.39, 0.29) is 17.0 Å². The first-order valence-electron chi connectivity index (χ1n) is 15.2. The summed E-state index contributed by atoms with van der Waals surface area (Å²) in [6.45, 7) is 12.4. The Bertz CT molecular complexity index is 976. The highest BCUT2D eigenvalue weighted by Crippen LogP contribution is 2.68. The Morgan fingerprint density at radius 2 is 1.67 bits per heavy atom. The maximum absolute atomic E-state index is 13.2. The molecule has 0 heterocycles. The second-order valence-corrected chi connectivity index (χ2v) is 14.2. The Kier molecular flexibility index (Phi) is 7.20. The van der Waals surface area contributed by atoms with E-state index < -0.39 is 0 Å². The summed E-state index contributed by atoms with van der Waals surface area (Å²) in [5, 5.41) is 11.2. The minimum atomic E-state index is 0.136. The van der Waals surface area contributed by atoms with Crippen LogP contribution in [0, 0.1) is 52.3 Å². The summed E-state index contributed by atoms with van der Waals surface area (Å²) in [6.07, 6.45) is 13.6. The molecule has 8 atom stereocenters. The van der Waals surface area contributed by atoms with Gasteiger partial charge in [0.05, 0.1) is 0 Å². The van der Waals surface area contributed by atoms with Crippen molar-refractivity contribution < 1.29 is 9.90 Å². The van der Waals surface area contributed by atoms with Crippen molar-refractivity contribution in [2.45, 2.75) is 105 Å². The quantitative estimate of drug-likeness (QED) is 0.319. The number of hydrogen-bond acceptors (Lipinski definition) is 2. The Balaban J connectivity index is 1.36. The lowest BCUT2D eigenvalue weighted by Gasteiger charge is -2.60. The van der Waals surface area contributed by atoms with E-state index in [0.29, 0.717) is 29.2 Å². The predicted octanol–water partition coefficient (Wildman–Crippen LogP) is 9.26. The number of carbonyl (C=O) groups excluding carboxylic acids is 1. The maximum atomic E-state index is 13.2. The molecule has 0 spiro atoms. The van der Waals surface area contributed by atoms with E-state index >= 15 is 0 Å². The van der Waals surface area contributed by atoms with E-state index in [9.17, 15) is 9.90 Å². The summed E-state index contributed by atoms with van der Waals surface area (Å²) in [4.78, 5) is 13.2. The SMILES string of the molecule is CC(C)CCC[C@@H](C)[C@H]1CC[C@H]2[C@@H]3CC[C@H]4CC(=O)/C(=C(\O)c5ccccc5)C[C@]4(C)[C@H]3CC[C@]12C. The number of rotatable bonds is 6. The largest absolute Gasteiger partial charge is 0.507 e. The fourth-order valence-corrected chi connectivity index (χ4v) is 9.98. The highest BCUT2D eigenvalue weighted by Gasteiger charge is 2.61. The monoisotopic (exact) mass is 490 g/mol. The van der Waals surface area contributed by atoms with Crippen molar-refractivity contribution in [1.82, 2.24) is 0 Å². The van der Waals surface area contributed by atoms with Crippen molar-refractivity contribution in [2.24, 2.45) is 52.3 Å². The highest BCUT2D eigenvalue weighted by molar-refractivity contribution is 6.02. The number of hydrogen-bond donors (Lipinski definition) is 1. The Labute approximate surface area is 220 Å². The summed E-state index contributed by atoms with van der Waals surface area (Å²) in [6, 6.07) is 9.72. The predicted molar refractivity (Wildman–Crippen MR) is 149 cm³/mol. The number of carbonyl (C=O) groups is 1. The van der Waals surface area contributed by atoms with Crippen LogP contribution in [0.3, 0.4) is 0 Å². The van der Waals surface area contributed by atoms with Gasteiger partial charge in [-0.15, -0.1) is 0 Å². The van der Waals surface area contributed by atoms with Crippen molar-refractivity contribution in [3.63, 3.8) is 0 Å². The Hall–Kier alpha value is -1.57. The smallest absolute Gasteiger partial charge is 0.162 e. The summed E-state index contributed by atoms with van der Waals surface area (Å²) in [7, 11) is 0. The molecule has 2 nitrogen and oxygen atoms in total. The summed E-state index contributed by atoms with van der Waals surface area (Å²) < 4.78 is 0. The molecule has 2 heteroatoms.